The standard InChI is InChI=1S/C13H21NO2S/c1-9-6-10(2)13(11(3)7-9)14-12(4)8-17(5,15)16/h6-7,12,14H,8H2,1-5H3. The Morgan fingerprint density at radius 2 is 1.65 bits per heavy atom. The van der Waals surface area contributed by atoms with Crippen molar-refractivity contribution < 1.29 is 8.42 Å². The van der Waals surface area contributed by atoms with Gasteiger partial charge in [-0.25, -0.2) is 8.42 Å². The third-order valence-electron chi connectivity index (χ3n) is 2.62. The van der Waals surface area contributed by atoms with Gasteiger partial charge in [0.1, 0.15) is 9.84 Å². The fraction of sp³-hybridized carbons (Fsp3) is 0.538. The van der Waals surface area contributed by atoms with E-state index in [1.54, 1.807) is 0 Å². The van der Waals surface area contributed by atoms with Crippen LogP contribution in [0.25, 0.3) is 0 Å². The Morgan fingerprint density at radius 1 is 1.18 bits per heavy atom. The molecule has 0 saturated heterocycles. The molecule has 1 atom stereocenters. The third-order valence-corrected chi connectivity index (χ3v) is 3.73. The highest BCUT2D eigenvalue weighted by Crippen LogP contribution is 2.22. The van der Waals surface area contributed by atoms with Crippen LogP contribution in [0.3, 0.4) is 0 Å². The van der Waals surface area contributed by atoms with Gasteiger partial charge in [-0.2, -0.15) is 0 Å². The molecule has 0 radical (unpaired) electrons. The zero-order valence-electron chi connectivity index (χ0n) is 11.2. The first kappa shape index (κ1) is 14.0. The first-order valence-electron chi connectivity index (χ1n) is 5.71. The Labute approximate surface area is 104 Å². The molecule has 0 aliphatic carbocycles. The van der Waals surface area contributed by atoms with Gasteiger partial charge in [-0.15, -0.1) is 0 Å². The van der Waals surface area contributed by atoms with Crippen LogP contribution in [-0.2, 0) is 9.84 Å². The van der Waals surface area contributed by atoms with Gasteiger partial charge in [0.05, 0.1) is 5.75 Å². The molecule has 0 aromatic heterocycles. The van der Waals surface area contributed by atoms with Gasteiger partial charge in [-0.3, -0.25) is 0 Å². The molecule has 96 valence electrons. The van der Waals surface area contributed by atoms with Crippen molar-refractivity contribution in [3.8, 4) is 0 Å². The number of nitrogens with one attached hydrogen (secondary N) is 1. The molecule has 4 heteroatoms. The van der Waals surface area contributed by atoms with Crippen LogP contribution in [0.4, 0.5) is 5.69 Å². The molecule has 1 N–H and O–H groups in total. The molecule has 0 aliphatic heterocycles. The van der Waals surface area contributed by atoms with Crippen LogP contribution in [0.15, 0.2) is 12.1 Å². The summed E-state index contributed by atoms with van der Waals surface area (Å²) in [6.45, 7) is 8.02. The largest absolute Gasteiger partial charge is 0.381 e. The van der Waals surface area contributed by atoms with Crippen LogP contribution >= 0.6 is 0 Å². The highest BCUT2D eigenvalue weighted by Gasteiger charge is 2.12. The maximum atomic E-state index is 11.2. The summed E-state index contributed by atoms with van der Waals surface area (Å²) in [5.41, 5.74) is 4.58. The number of hydrogen-bond acceptors (Lipinski definition) is 3. The number of hydrogen-bond donors (Lipinski definition) is 1. The minimum absolute atomic E-state index is 0.0786. The van der Waals surface area contributed by atoms with Gasteiger partial charge < -0.3 is 5.32 Å². The number of aryl methyl sites for hydroxylation is 3. The van der Waals surface area contributed by atoms with E-state index in [0.717, 1.165) is 16.8 Å². The summed E-state index contributed by atoms with van der Waals surface area (Å²) in [6.07, 6.45) is 1.26. The number of sulfone groups is 1. The molecule has 17 heavy (non-hydrogen) atoms. The van der Waals surface area contributed by atoms with E-state index in [9.17, 15) is 8.42 Å². The second-order valence-electron chi connectivity index (χ2n) is 4.91. The quantitative estimate of drug-likeness (QED) is 0.899. The summed E-state index contributed by atoms with van der Waals surface area (Å²) in [7, 11) is -2.94. The summed E-state index contributed by atoms with van der Waals surface area (Å²) in [5.74, 6) is 0.153. The lowest BCUT2D eigenvalue weighted by Gasteiger charge is -2.19. The number of benzene rings is 1. The van der Waals surface area contributed by atoms with E-state index >= 15 is 0 Å². The summed E-state index contributed by atoms with van der Waals surface area (Å²) in [4.78, 5) is 0. The van der Waals surface area contributed by atoms with Crippen molar-refractivity contribution in [3.05, 3.63) is 28.8 Å². The molecule has 0 aliphatic rings. The van der Waals surface area contributed by atoms with Crippen molar-refractivity contribution in [2.24, 2.45) is 0 Å². The average molecular weight is 255 g/mol. The minimum Gasteiger partial charge on any atom is -0.381 e. The monoisotopic (exact) mass is 255 g/mol. The molecule has 3 nitrogen and oxygen atoms in total. The SMILES string of the molecule is Cc1cc(C)c(NC(C)CS(C)(=O)=O)c(C)c1. The Morgan fingerprint density at radius 3 is 2.06 bits per heavy atom. The van der Waals surface area contributed by atoms with Crippen LogP contribution in [0.5, 0.6) is 0 Å². The molecule has 0 bridgehead atoms. The predicted octanol–water partition coefficient (Wildman–Crippen LogP) is 2.46. The highest BCUT2D eigenvalue weighted by molar-refractivity contribution is 7.90. The van der Waals surface area contributed by atoms with E-state index in [1.165, 1.54) is 11.8 Å². The van der Waals surface area contributed by atoms with E-state index in [1.807, 2.05) is 20.8 Å². The van der Waals surface area contributed by atoms with E-state index in [2.05, 4.69) is 24.4 Å². The lowest BCUT2D eigenvalue weighted by atomic mass is 10.0. The van der Waals surface area contributed by atoms with E-state index in [0.29, 0.717) is 0 Å². The van der Waals surface area contributed by atoms with Crippen LogP contribution < -0.4 is 5.32 Å². The molecule has 0 amide bonds. The van der Waals surface area contributed by atoms with Crippen molar-refractivity contribution in [2.75, 3.05) is 17.3 Å². The van der Waals surface area contributed by atoms with Crippen molar-refractivity contribution in [1.29, 1.82) is 0 Å². The predicted molar refractivity (Wildman–Crippen MR) is 73.4 cm³/mol. The second-order valence-corrected chi connectivity index (χ2v) is 7.10. The van der Waals surface area contributed by atoms with Crippen LogP contribution in [0.2, 0.25) is 0 Å². The summed E-state index contributed by atoms with van der Waals surface area (Å²) in [6, 6.07) is 4.12. The summed E-state index contributed by atoms with van der Waals surface area (Å²) >= 11 is 0. The zero-order valence-corrected chi connectivity index (χ0v) is 12.0. The fourth-order valence-electron chi connectivity index (χ4n) is 2.15. The first-order valence-corrected chi connectivity index (χ1v) is 7.77. The Bertz CT molecular complexity index is 483. The summed E-state index contributed by atoms with van der Waals surface area (Å²) in [5, 5.41) is 3.28. The first-order chi connectivity index (χ1) is 7.69. The average Bonchev–Trinajstić information content (AvgIpc) is 2.08. The van der Waals surface area contributed by atoms with E-state index in [-0.39, 0.29) is 11.8 Å². The van der Waals surface area contributed by atoms with Gasteiger partial charge >= 0.3 is 0 Å². The molecule has 1 unspecified atom stereocenters. The number of anilines is 1. The fourth-order valence-corrected chi connectivity index (χ4v) is 3.14. The molecule has 0 fully saturated rings. The molecular formula is C13H21NO2S. The van der Waals surface area contributed by atoms with Crippen molar-refractivity contribution in [3.63, 3.8) is 0 Å². The lowest BCUT2D eigenvalue weighted by molar-refractivity contribution is 0.598. The molecule has 1 aromatic rings. The Kier molecular flexibility index (Phi) is 4.20. The van der Waals surface area contributed by atoms with Crippen LogP contribution in [-0.4, -0.2) is 26.5 Å². The van der Waals surface area contributed by atoms with Gasteiger partial charge in [0, 0.05) is 18.0 Å². The van der Waals surface area contributed by atoms with Crippen LogP contribution in [0.1, 0.15) is 23.6 Å². The topological polar surface area (TPSA) is 46.2 Å². The van der Waals surface area contributed by atoms with E-state index < -0.39 is 9.84 Å². The summed E-state index contributed by atoms with van der Waals surface area (Å²) < 4.78 is 22.4. The van der Waals surface area contributed by atoms with E-state index in [4.69, 9.17) is 0 Å². The van der Waals surface area contributed by atoms with Crippen molar-refractivity contribution >= 4 is 15.5 Å². The van der Waals surface area contributed by atoms with Gasteiger partial charge in [0.25, 0.3) is 0 Å². The Balaban J connectivity index is 2.89. The smallest absolute Gasteiger partial charge is 0.149 e. The van der Waals surface area contributed by atoms with Crippen LogP contribution in [0, 0.1) is 20.8 Å². The van der Waals surface area contributed by atoms with Gasteiger partial charge in [0.15, 0.2) is 0 Å². The third kappa shape index (κ3) is 4.38. The Hall–Kier alpha value is -1.03. The molecule has 0 saturated carbocycles. The maximum Gasteiger partial charge on any atom is 0.149 e. The lowest BCUT2D eigenvalue weighted by Crippen LogP contribution is -2.25. The molecule has 1 rings (SSSR count). The normalized spacial score (nSPS) is 13.5. The zero-order chi connectivity index (χ0) is 13.2. The second kappa shape index (κ2) is 5.08. The van der Waals surface area contributed by atoms with Gasteiger partial charge in [-0.05, 0) is 38.8 Å². The number of rotatable bonds is 4. The van der Waals surface area contributed by atoms with Gasteiger partial charge in [-0.1, -0.05) is 17.7 Å². The van der Waals surface area contributed by atoms with Crippen molar-refractivity contribution in [2.45, 2.75) is 33.7 Å². The molecular weight excluding hydrogens is 234 g/mol. The molecule has 0 heterocycles. The highest BCUT2D eigenvalue weighted by atomic mass is 32.2. The van der Waals surface area contributed by atoms with Crippen molar-refractivity contribution in [1.82, 2.24) is 0 Å². The minimum atomic E-state index is -2.94. The van der Waals surface area contributed by atoms with Gasteiger partial charge in [0.2, 0.25) is 0 Å². The molecule has 0 spiro atoms. The maximum absolute atomic E-state index is 11.2. The molecule has 1 aromatic carbocycles.